The van der Waals surface area contributed by atoms with Crippen LogP contribution < -0.4 is 0 Å². The van der Waals surface area contributed by atoms with Crippen LogP contribution in [0.1, 0.15) is 12.0 Å². The molecule has 0 saturated heterocycles. The largest absolute Gasteiger partial charge is 0.264 e. The summed E-state index contributed by atoms with van der Waals surface area (Å²) in [5.41, 5.74) is 0.115. The van der Waals surface area contributed by atoms with Crippen LogP contribution in [0.3, 0.4) is 0 Å². The quantitative estimate of drug-likeness (QED) is 0.686. The third kappa shape index (κ3) is 1.61. The van der Waals surface area contributed by atoms with Crippen molar-refractivity contribution in [1.82, 2.24) is 0 Å². The Labute approximate surface area is 94.1 Å². The normalized spacial score (nSPS) is 11.1. The predicted molar refractivity (Wildman–Crippen MR) is 61.6 cm³/mol. The molecule has 0 atom stereocenters. The molecule has 0 heterocycles. The van der Waals surface area contributed by atoms with Crippen molar-refractivity contribution >= 4 is 33.4 Å². The van der Waals surface area contributed by atoms with Gasteiger partial charge in [-0.25, -0.2) is 8.78 Å². The second kappa shape index (κ2) is 3.81. The van der Waals surface area contributed by atoms with Crippen molar-refractivity contribution < 1.29 is 8.78 Å². The van der Waals surface area contributed by atoms with Gasteiger partial charge >= 0.3 is 0 Å². The van der Waals surface area contributed by atoms with Gasteiger partial charge in [0.2, 0.25) is 0 Å². The number of hydrogen-bond acceptors (Lipinski definition) is 0. The van der Waals surface area contributed by atoms with Crippen LogP contribution in [0.5, 0.6) is 0 Å². The zero-order chi connectivity index (χ0) is 10.1. The second-order valence-corrected chi connectivity index (χ2v) is 4.07. The minimum Gasteiger partial charge on any atom is -0.205 e. The van der Waals surface area contributed by atoms with Crippen LogP contribution in [0.2, 0.25) is 0 Å². The molecule has 0 aliphatic rings. The van der Waals surface area contributed by atoms with Gasteiger partial charge in [-0.1, -0.05) is 36.4 Å². The zero-order valence-corrected chi connectivity index (χ0v) is 9.33. The molecular formula is C11H7F2I. The molecule has 2 aromatic carbocycles. The van der Waals surface area contributed by atoms with E-state index in [4.69, 9.17) is 0 Å². The maximum absolute atomic E-state index is 12.6. The lowest BCUT2D eigenvalue weighted by molar-refractivity contribution is 0.150. The average molecular weight is 304 g/mol. The molecule has 2 aromatic rings. The smallest absolute Gasteiger partial charge is 0.205 e. The fourth-order valence-electron chi connectivity index (χ4n) is 1.42. The Morgan fingerprint density at radius 1 is 1.00 bits per heavy atom. The first-order chi connectivity index (χ1) is 6.70. The van der Waals surface area contributed by atoms with Crippen molar-refractivity contribution in [2.45, 2.75) is 6.43 Å². The van der Waals surface area contributed by atoms with Gasteiger partial charge in [0.1, 0.15) is 0 Å². The van der Waals surface area contributed by atoms with Gasteiger partial charge in [-0.05, 0) is 33.4 Å². The SMILES string of the molecule is FC(F)c1ccc2ccccc2c1I. The van der Waals surface area contributed by atoms with Gasteiger partial charge in [0.05, 0.1) is 0 Å². The van der Waals surface area contributed by atoms with Gasteiger partial charge in [-0.2, -0.15) is 0 Å². The van der Waals surface area contributed by atoms with Gasteiger partial charge in [0.25, 0.3) is 6.43 Å². The Hall–Kier alpha value is -0.710. The molecule has 0 radical (unpaired) electrons. The first-order valence-electron chi connectivity index (χ1n) is 4.15. The van der Waals surface area contributed by atoms with Crippen molar-refractivity contribution in [3.05, 3.63) is 45.5 Å². The van der Waals surface area contributed by atoms with Crippen molar-refractivity contribution in [2.24, 2.45) is 0 Å². The molecular weight excluding hydrogens is 297 g/mol. The highest BCUT2D eigenvalue weighted by Crippen LogP contribution is 2.30. The fourth-order valence-corrected chi connectivity index (χ4v) is 2.33. The highest BCUT2D eigenvalue weighted by molar-refractivity contribution is 14.1. The summed E-state index contributed by atoms with van der Waals surface area (Å²) in [6.07, 6.45) is -2.40. The third-order valence-electron chi connectivity index (χ3n) is 2.13. The molecule has 14 heavy (non-hydrogen) atoms. The number of rotatable bonds is 1. The lowest BCUT2D eigenvalue weighted by Crippen LogP contribution is -1.90. The van der Waals surface area contributed by atoms with Crippen LogP contribution in [-0.2, 0) is 0 Å². The summed E-state index contributed by atoms with van der Waals surface area (Å²) in [7, 11) is 0. The Morgan fingerprint density at radius 2 is 1.71 bits per heavy atom. The topological polar surface area (TPSA) is 0 Å². The van der Waals surface area contributed by atoms with Crippen LogP contribution in [0.4, 0.5) is 8.78 Å². The maximum atomic E-state index is 12.6. The predicted octanol–water partition coefficient (Wildman–Crippen LogP) is 4.38. The molecule has 0 spiro atoms. The number of fused-ring (bicyclic) bond motifs is 1. The van der Waals surface area contributed by atoms with Crippen LogP contribution in [0.25, 0.3) is 10.8 Å². The standard InChI is InChI=1S/C11H7F2I/c12-11(13)9-6-5-7-3-1-2-4-8(7)10(9)14/h1-6,11H. The average Bonchev–Trinajstić information content (AvgIpc) is 2.18. The minimum absolute atomic E-state index is 0.115. The molecule has 0 aromatic heterocycles. The highest BCUT2D eigenvalue weighted by Gasteiger charge is 2.12. The van der Waals surface area contributed by atoms with Crippen LogP contribution in [0.15, 0.2) is 36.4 Å². The lowest BCUT2D eigenvalue weighted by atomic mass is 10.1. The summed E-state index contributed by atoms with van der Waals surface area (Å²) in [4.78, 5) is 0. The number of halogens is 3. The molecule has 0 bridgehead atoms. The molecule has 0 nitrogen and oxygen atoms in total. The summed E-state index contributed by atoms with van der Waals surface area (Å²) in [5, 5.41) is 1.90. The molecule has 72 valence electrons. The van der Waals surface area contributed by atoms with Gasteiger partial charge in [0, 0.05) is 9.13 Å². The van der Waals surface area contributed by atoms with E-state index >= 15 is 0 Å². The van der Waals surface area contributed by atoms with Crippen molar-refractivity contribution in [1.29, 1.82) is 0 Å². The van der Waals surface area contributed by atoms with Crippen LogP contribution in [0, 0.1) is 3.57 Å². The Balaban J connectivity index is 2.75. The summed E-state index contributed by atoms with van der Waals surface area (Å²) in [6, 6.07) is 10.8. The molecule has 0 unspecified atom stereocenters. The van der Waals surface area contributed by atoms with Crippen molar-refractivity contribution in [3.8, 4) is 0 Å². The summed E-state index contributed by atoms with van der Waals surface area (Å²) < 4.78 is 25.8. The molecule has 0 saturated carbocycles. The number of alkyl halides is 2. The van der Waals surface area contributed by atoms with Gasteiger partial charge in [-0.3, -0.25) is 0 Å². The summed E-state index contributed by atoms with van der Waals surface area (Å²) in [6.45, 7) is 0. The van der Waals surface area contributed by atoms with E-state index in [9.17, 15) is 8.78 Å². The summed E-state index contributed by atoms with van der Waals surface area (Å²) >= 11 is 1.97. The first-order valence-corrected chi connectivity index (χ1v) is 5.23. The zero-order valence-electron chi connectivity index (χ0n) is 7.18. The van der Waals surface area contributed by atoms with Gasteiger partial charge in [-0.15, -0.1) is 0 Å². The molecule has 0 N–H and O–H groups in total. The summed E-state index contributed by atoms with van der Waals surface area (Å²) in [5.74, 6) is 0. The van der Waals surface area contributed by atoms with E-state index < -0.39 is 6.43 Å². The molecule has 3 heteroatoms. The lowest BCUT2D eigenvalue weighted by Gasteiger charge is -2.06. The molecule has 0 amide bonds. The monoisotopic (exact) mass is 304 g/mol. The maximum Gasteiger partial charge on any atom is 0.264 e. The van der Waals surface area contributed by atoms with Gasteiger partial charge < -0.3 is 0 Å². The highest BCUT2D eigenvalue weighted by atomic mass is 127. The van der Waals surface area contributed by atoms with E-state index in [1.807, 2.05) is 46.9 Å². The fraction of sp³-hybridized carbons (Fsp3) is 0.0909. The molecule has 0 aliphatic carbocycles. The second-order valence-electron chi connectivity index (χ2n) is 2.99. The van der Waals surface area contributed by atoms with Crippen LogP contribution >= 0.6 is 22.6 Å². The van der Waals surface area contributed by atoms with E-state index in [1.54, 1.807) is 6.07 Å². The van der Waals surface area contributed by atoms with E-state index in [2.05, 4.69) is 0 Å². The number of hydrogen-bond donors (Lipinski definition) is 0. The minimum atomic E-state index is -2.40. The van der Waals surface area contributed by atoms with Crippen molar-refractivity contribution in [3.63, 3.8) is 0 Å². The van der Waals surface area contributed by atoms with E-state index in [0.717, 1.165) is 10.8 Å². The van der Waals surface area contributed by atoms with Crippen molar-refractivity contribution in [2.75, 3.05) is 0 Å². The van der Waals surface area contributed by atoms with Crippen LogP contribution in [-0.4, -0.2) is 0 Å². The van der Waals surface area contributed by atoms with E-state index in [0.29, 0.717) is 3.57 Å². The van der Waals surface area contributed by atoms with Gasteiger partial charge in [0.15, 0.2) is 0 Å². The molecule has 0 fully saturated rings. The molecule has 2 rings (SSSR count). The first kappa shape index (κ1) is 9.83. The third-order valence-corrected chi connectivity index (χ3v) is 3.33. The van der Waals surface area contributed by atoms with E-state index in [-0.39, 0.29) is 5.56 Å². The Kier molecular flexibility index (Phi) is 2.67. The number of benzene rings is 2. The Bertz CT molecular complexity index is 466. The Morgan fingerprint density at radius 3 is 2.43 bits per heavy atom. The van der Waals surface area contributed by atoms with E-state index in [1.165, 1.54) is 6.07 Å². The molecule has 0 aliphatic heterocycles.